The molecule has 0 aliphatic carbocycles. The second kappa shape index (κ2) is 5.09. The van der Waals surface area contributed by atoms with Crippen LogP contribution in [0.5, 0.6) is 5.75 Å². The molecule has 1 aromatic heterocycles. The fourth-order valence-electron chi connectivity index (χ4n) is 1.06. The highest BCUT2D eigenvalue weighted by atomic mass is 79.9. The van der Waals surface area contributed by atoms with E-state index in [0.29, 0.717) is 15.9 Å². The number of hydrogen-bond donors (Lipinski definition) is 2. The molecule has 1 heterocycles. The minimum atomic E-state index is -1.05. The Morgan fingerprint density at radius 2 is 2.47 bits per heavy atom. The summed E-state index contributed by atoms with van der Waals surface area (Å²) in [7, 11) is 1.53. The number of pyridine rings is 1. The van der Waals surface area contributed by atoms with Gasteiger partial charge in [0.2, 0.25) is 0 Å². The summed E-state index contributed by atoms with van der Waals surface area (Å²) in [5.74, 6) is -0.441. The number of aliphatic carboxylic acids is 1. The van der Waals surface area contributed by atoms with Gasteiger partial charge in [-0.1, -0.05) is 0 Å². The van der Waals surface area contributed by atoms with E-state index in [4.69, 9.17) is 15.6 Å². The smallest absolute Gasteiger partial charge is 0.320 e. The number of methoxy groups -OCH3 is 1. The van der Waals surface area contributed by atoms with Crippen LogP contribution in [0.25, 0.3) is 0 Å². The standard InChI is InChI=1S/C9H11BrN2O3/c1-15-7-2-3-12-6(8(7)10)4-5(11)9(13)14/h2-3,5H,4,11H2,1H3,(H,13,14). The summed E-state index contributed by atoms with van der Waals surface area (Å²) in [5.41, 5.74) is 5.98. The summed E-state index contributed by atoms with van der Waals surface area (Å²) in [4.78, 5) is 14.6. The summed E-state index contributed by atoms with van der Waals surface area (Å²) in [5, 5.41) is 8.66. The largest absolute Gasteiger partial charge is 0.495 e. The molecule has 0 amide bonds. The molecule has 1 aromatic rings. The molecule has 5 nitrogen and oxygen atoms in total. The van der Waals surface area contributed by atoms with E-state index in [-0.39, 0.29) is 6.42 Å². The third-order valence-electron chi connectivity index (χ3n) is 1.88. The Hall–Kier alpha value is -1.14. The maximum absolute atomic E-state index is 10.6. The minimum absolute atomic E-state index is 0.160. The maximum Gasteiger partial charge on any atom is 0.320 e. The van der Waals surface area contributed by atoms with E-state index in [1.165, 1.54) is 7.11 Å². The van der Waals surface area contributed by atoms with Crippen molar-refractivity contribution in [2.75, 3.05) is 7.11 Å². The van der Waals surface area contributed by atoms with Crippen LogP contribution in [-0.2, 0) is 11.2 Å². The highest BCUT2D eigenvalue weighted by Crippen LogP contribution is 2.27. The lowest BCUT2D eigenvalue weighted by Gasteiger charge is -2.09. The summed E-state index contributed by atoms with van der Waals surface area (Å²) in [6.07, 6.45) is 1.71. The zero-order valence-corrected chi connectivity index (χ0v) is 9.69. The van der Waals surface area contributed by atoms with E-state index in [1.54, 1.807) is 12.3 Å². The highest BCUT2D eigenvalue weighted by molar-refractivity contribution is 9.10. The predicted molar refractivity (Wildman–Crippen MR) is 57.8 cm³/mol. The van der Waals surface area contributed by atoms with Crippen molar-refractivity contribution in [3.8, 4) is 5.75 Å². The zero-order chi connectivity index (χ0) is 11.4. The van der Waals surface area contributed by atoms with Crippen LogP contribution in [0.4, 0.5) is 0 Å². The molecule has 0 saturated heterocycles. The van der Waals surface area contributed by atoms with Crippen LogP contribution in [0.1, 0.15) is 5.69 Å². The molecule has 0 aliphatic heterocycles. The minimum Gasteiger partial charge on any atom is -0.495 e. The van der Waals surface area contributed by atoms with Crippen LogP contribution in [0, 0.1) is 0 Å². The van der Waals surface area contributed by atoms with Crippen molar-refractivity contribution in [3.63, 3.8) is 0 Å². The van der Waals surface area contributed by atoms with Gasteiger partial charge in [0.1, 0.15) is 11.8 Å². The number of ether oxygens (including phenoxy) is 1. The summed E-state index contributed by atoms with van der Waals surface area (Å²) in [6.45, 7) is 0. The molecule has 0 radical (unpaired) electrons. The topological polar surface area (TPSA) is 85.4 Å². The predicted octanol–water partition coefficient (Wildman–Crippen LogP) is 0.807. The second-order valence-electron chi connectivity index (χ2n) is 2.92. The molecule has 0 saturated carbocycles. The van der Waals surface area contributed by atoms with E-state index in [1.807, 2.05) is 0 Å². The number of carboxylic acids is 1. The lowest BCUT2D eigenvalue weighted by Crippen LogP contribution is -2.32. The molecule has 0 aromatic carbocycles. The first kappa shape index (κ1) is 11.9. The van der Waals surface area contributed by atoms with Gasteiger partial charge in [-0.05, 0) is 22.0 Å². The SMILES string of the molecule is COc1ccnc(CC(N)C(=O)O)c1Br. The fourth-order valence-corrected chi connectivity index (χ4v) is 1.62. The number of carboxylic acid groups (broad SMARTS) is 1. The number of hydrogen-bond acceptors (Lipinski definition) is 4. The molecule has 3 N–H and O–H groups in total. The van der Waals surface area contributed by atoms with E-state index in [0.717, 1.165) is 0 Å². The van der Waals surface area contributed by atoms with Crippen molar-refractivity contribution in [3.05, 3.63) is 22.4 Å². The third-order valence-corrected chi connectivity index (χ3v) is 2.72. The van der Waals surface area contributed by atoms with Gasteiger partial charge in [0.15, 0.2) is 0 Å². The van der Waals surface area contributed by atoms with Crippen LogP contribution in [0.3, 0.4) is 0 Å². The number of aromatic nitrogens is 1. The quantitative estimate of drug-likeness (QED) is 0.849. The molecule has 1 unspecified atom stereocenters. The van der Waals surface area contributed by atoms with Crippen molar-refractivity contribution in [2.24, 2.45) is 5.73 Å². The maximum atomic E-state index is 10.6. The van der Waals surface area contributed by atoms with Crippen LogP contribution < -0.4 is 10.5 Å². The Labute approximate surface area is 95.4 Å². The number of rotatable bonds is 4. The van der Waals surface area contributed by atoms with Crippen molar-refractivity contribution >= 4 is 21.9 Å². The molecule has 1 atom stereocenters. The van der Waals surface area contributed by atoms with Gasteiger partial charge in [-0.25, -0.2) is 0 Å². The molecule has 0 spiro atoms. The molecule has 6 heteroatoms. The van der Waals surface area contributed by atoms with Crippen LogP contribution in [0.2, 0.25) is 0 Å². The van der Waals surface area contributed by atoms with E-state index < -0.39 is 12.0 Å². The molecule has 0 bridgehead atoms. The molecule has 0 fully saturated rings. The lowest BCUT2D eigenvalue weighted by atomic mass is 10.1. The Bertz CT molecular complexity index is 370. The Kier molecular flexibility index (Phi) is 4.05. The van der Waals surface area contributed by atoms with Gasteiger partial charge in [0.25, 0.3) is 0 Å². The molecular weight excluding hydrogens is 264 g/mol. The monoisotopic (exact) mass is 274 g/mol. The highest BCUT2D eigenvalue weighted by Gasteiger charge is 2.16. The van der Waals surface area contributed by atoms with E-state index in [9.17, 15) is 4.79 Å². The number of halogens is 1. The molecule has 1 rings (SSSR count). The number of nitrogens with two attached hydrogens (primary N) is 1. The summed E-state index contributed by atoms with van der Waals surface area (Å²) >= 11 is 3.28. The second-order valence-corrected chi connectivity index (χ2v) is 3.72. The average Bonchev–Trinajstić information content (AvgIpc) is 2.21. The summed E-state index contributed by atoms with van der Waals surface area (Å²) < 4.78 is 5.70. The van der Waals surface area contributed by atoms with Gasteiger partial charge in [0.05, 0.1) is 17.3 Å². The molecule has 15 heavy (non-hydrogen) atoms. The Morgan fingerprint density at radius 3 is 3.00 bits per heavy atom. The van der Waals surface area contributed by atoms with Crippen LogP contribution >= 0.6 is 15.9 Å². The lowest BCUT2D eigenvalue weighted by molar-refractivity contribution is -0.138. The number of carbonyl (C=O) groups is 1. The Balaban J connectivity index is 2.90. The average molecular weight is 275 g/mol. The van der Waals surface area contributed by atoms with Gasteiger partial charge in [-0.15, -0.1) is 0 Å². The van der Waals surface area contributed by atoms with Gasteiger partial charge in [0, 0.05) is 12.6 Å². The molecular formula is C9H11BrN2O3. The molecule has 82 valence electrons. The molecule has 0 aliphatic rings. The Morgan fingerprint density at radius 1 is 1.80 bits per heavy atom. The van der Waals surface area contributed by atoms with Crippen LogP contribution in [0.15, 0.2) is 16.7 Å². The first-order chi connectivity index (χ1) is 7.06. The van der Waals surface area contributed by atoms with Crippen molar-refractivity contribution in [1.29, 1.82) is 0 Å². The van der Waals surface area contributed by atoms with Crippen molar-refractivity contribution < 1.29 is 14.6 Å². The van der Waals surface area contributed by atoms with Gasteiger partial charge < -0.3 is 15.6 Å². The zero-order valence-electron chi connectivity index (χ0n) is 8.11. The van der Waals surface area contributed by atoms with Gasteiger partial charge in [-0.3, -0.25) is 9.78 Å². The van der Waals surface area contributed by atoms with E-state index >= 15 is 0 Å². The van der Waals surface area contributed by atoms with Crippen molar-refractivity contribution in [2.45, 2.75) is 12.5 Å². The third kappa shape index (κ3) is 2.90. The first-order valence-electron chi connectivity index (χ1n) is 4.22. The van der Waals surface area contributed by atoms with Crippen LogP contribution in [-0.4, -0.2) is 29.2 Å². The van der Waals surface area contributed by atoms with Gasteiger partial charge >= 0.3 is 5.97 Å². The first-order valence-corrected chi connectivity index (χ1v) is 5.01. The number of nitrogens with zero attached hydrogens (tertiary/aromatic N) is 1. The summed E-state index contributed by atoms with van der Waals surface area (Å²) in [6, 6.07) is 0.723. The van der Waals surface area contributed by atoms with Crippen molar-refractivity contribution in [1.82, 2.24) is 4.98 Å². The fraction of sp³-hybridized carbons (Fsp3) is 0.333. The van der Waals surface area contributed by atoms with Gasteiger partial charge in [-0.2, -0.15) is 0 Å². The normalized spacial score (nSPS) is 12.2. The van der Waals surface area contributed by atoms with E-state index in [2.05, 4.69) is 20.9 Å².